The van der Waals surface area contributed by atoms with Crippen molar-refractivity contribution in [2.24, 2.45) is 11.8 Å². The lowest BCUT2D eigenvalue weighted by Crippen LogP contribution is -2.31. The van der Waals surface area contributed by atoms with Gasteiger partial charge in [-0.25, -0.2) is 0 Å². The van der Waals surface area contributed by atoms with Crippen LogP contribution in [0.1, 0.15) is 103 Å². The van der Waals surface area contributed by atoms with E-state index in [1.54, 1.807) is 11.1 Å². The maximum Gasteiger partial charge on any atom is 0.0220 e. The molecule has 0 spiro atoms. The Bertz CT molecular complexity index is 1620. The van der Waals surface area contributed by atoms with E-state index in [1.807, 2.05) is 0 Å². The van der Waals surface area contributed by atoms with Crippen LogP contribution in [0.5, 0.6) is 0 Å². The molecule has 0 saturated heterocycles. The molecular weight excluding hydrogens is 516 g/mol. The minimum absolute atomic E-state index is 0.0607. The van der Waals surface area contributed by atoms with Crippen LogP contribution < -0.4 is 0 Å². The van der Waals surface area contributed by atoms with Crippen molar-refractivity contribution in [2.45, 2.75) is 97.3 Å². The van der Waals surface area contributed by atoms with E-state index in [0.29, 0.717) is 0 Å². The molecule has 6 rings (SSSR count). The van der Waals surface area contributed by atoms with Gasteiger partial charge in [-0.3, -0.25) is 0 Å². The summed E-state index contributed by atoms with van der Waals surface area (Å²) in [6.45, 7) is 9.56. The lowest BCUT2D eigenvalue weighted by molar-refractivity contribution is 0.266. The summed E-state index contributed by atoms with van der Waals surface area (Å²) in [7, 11) is 0. The summed E-state index contributed by atoms with van der Waals surface area (Å²) in [5, 5.41) is 5.35. The Hall–Kier alpha value is -3.38. The van der Waals surface area contributed by atoms with Gasteiger partial charge in [0.2, 0.25) is 0 Å². The van der Waals surface area contributed by atoms with Crippen LogP contribution in [0.2, 0.25) is 0 Å². The topological polar surface area (TPSA) is 0 Å². The second-order valence-corrected chi connectivity index (χ2v) is 13.3. The lowest BCUT2D eigenvalue weighted by Gasteiger charge is -2.39. The molecule has 0 nitrogen and oxygen atoms in total. The third-order valence-electron chi connectivity index (χ3n) is 10.7. The molecular formula is C43H50. The fourth-order valence-corrected chi connectivity index (χ4v) is 8.33. The number of hydrogen-bond acceptors (Lipinski definition) is 0. The Morgan fingerprint density at radius 2 is 1.07 bits per heavy atom. The molecule has 1 aliphatic carbocycles. The van der Waals surface area contributed by atoms with Gasteiger partial charge < -0.3 is 0 Å². The Kier molecular flexibility index (Phi) is 9.03. The molecule has 0 heterocycles. The lowest BCUT2D eigenvalue weighted by atomic mass is 9.65. The molecule has 222 valence electrons. The van der Waals surface area contributed by atoms with Gasteiger partial charge in [0.25, 0.3) is 0 Å². The fraction of sp³-hybridized carbons (Fsp3) is 0.395. The van der Waals surface area contributed by atoms with E-state index in [0.717, 1.165) is 11.8 Å². The summed E-state index contributed by atoms with van der Waals surface area (Å²) >= 11 is 0. The highest BCUT2D eigenvalue weighted by atomic mass is 14.5. The molecule has 0 aromatic heterocycles. The van der Waals surface area contributed by atoms with E-state index in [-0.39, 0.29) is 5.41 Å². The predicted molar refractivity (Wildman–Crippen MR) is 189 cm³/mol. The SMILES string of the molecule is CCCCC(CC)CC1(CC(CC)CCCC)c2ccccc2-c2ccc(-c3c4ccccc4cc4ccccc34)cc21. The van der Waals surface area contributed by atoms with E-state index < -0.39 is 0 Å². The maximum atomic E-state index is 2.64. The van der Waals surface area contributed by atoms with Crippen molar-refractivity contribution < 1.29 is 0 Å². The normalized spacial score (nSPS) is 17.2. The smallest absolute Gasteiger partial charge is 0.0220 e. The van der Waals surface area contributed by atoms with Gasteiger partial charge in [0.05, 0.1) is 0 Å². The zero-order chi connectivity index (χ0) is 29.8. The van der Waals surface area contributed by atoms with Crippen molar-refractivity contribution in [3.05, 3.63) is 108 Å². The number of rotatable bonds is 13. The highest BCUT2D eigenvalue weighted by molar-refractivity contribution is 6.12. The van der Waals surface area contributed by atoms with Crippen LogP contribution in [0.3, 0.4) is 0 Å². The van der Waals surface area contributed by atoms with Gasteiger partial charge in [-0.05, 0) is 91.7 Å². The number of benzene rings is 5. The minimum atomic E-state index is 0.0607. The number of fused-ring (bicyclic) bond motifs is 5. The number of hydrogen-bond donors (Lipinski definition) is 0. The summed E-state index contributed by atoms with van der Waals surface area (Å²) in [4.78, 5) is 0. The van der Waals surface area contributed by atoms with Crippen LogP contribution in [-0.4, -0.2) is 0 Å². The third-order valence-corrected chi connectivity index (χ3v) is 10.7. The van der Waals surface area contributed by atoms with Gasteiger partial charge in [0, 0.05) is 5.41 Å². The molecule has 2 unspecified atom stereocenters. The van der Waals surface area contributed by atoms with E-state index >= 15 is 0 Å². The molecule has 0 heteroatoms. The van der Waals surface area contributed by atoms with Crippen molar-refractivity contribution in [3.8, 4) is 22.3 Å². The van der Waals surface area contributed by atoms with Crippen LogP contribution >= 0.6 is 0 Å². The molecule has 2 atom stereocenters. The van der Waals surface area contributed by atoms with Crippen molar-refractivity contribution in [1.29, 1.82) is 0 Å². The van der Waals surface area contributed by atoms with Crippen molar-refractivity contribution >= 4 is 21.5 Å². The Morgan fingerprint density at radius 3 is 1.65 bits per heavy atom. The summed E-state index contributed by atoms with van der Waals surface area (Å²) < 4.78 is 0. The largest absolute Gasteiger partial charge is 0.0654 e. The predicted octanol–water partition coefficient (Wildman–Crippen LogP) is 13.1. The Morgan fingerprint density at radius 1 is 0.535 bits per heavy atom. The van der Waals surface area contributed by atoms with Gasteiger partial charge in [-0.2, -0.15) is 0 Å². The third kappa shape index (κ3) is 5.55. The molecule has 0 N–H and O–H groups in total. The van der Waals surface area contributed by atoms with Gasteiger partial charge in [-0.1, -0.05) is 164 Å². The molecule has 0 aliphatic heterocycles. The maximum absolute atomic E-state index is 2.64. The van der Waals surface area contributed by atoms with Crippen LogP contribution in [0.15, 0.2) is 97.1 Å². The summed E-state index contributed by atoms with van der Waals surface area (Å²) in [5.41, 5.74) is 8.94. The first-order valence-corrected chi connectivity index (χ1v) is 17.3. The van der Waals surface area contributed by atoms with Crippen molar-refractivity contribution in [2.75, 3.05) is 0 Å². The molecule has 0 amide bonds. The van der Waals surface area contributed by atoms with E-state index in [4.69, 9.17) is 0 Å². The zero-order valence-electron chi connectivity index (χ0n) is 27.0. The molecule has 5 aromatic carbocycles. The van der Waals surface area contributed by atoms with Crippen LogP contribution in [0.4, 0.5) is 0 Å². The number of unbranched alkanes of at least 4 members (excludes halogenated alkanes) is 2. The first-order chi connectivity index (χ1) is 21.1. The average molecular weight is 567 g/mol. The summed E-state index contributed by atoms with van der Waals surface area (Å²) in [6, 6.07) is 37.3. The fourth-order valence-electron chi connectivity index (χ4n) is 8.33. The van der Waals surface area contributed by atoms with Gasteiger partial charge in [0.15, 0.2) is 0 Å². The molecule has 5 aromatic rings. The minimum Gasteiger partial charge on any atom is -0.0654 e. The Labute approximate surface area is 260 Å². The molecule has 0 saturated carbocycles. The van der Waals surface area contributed by atoms with Crippen LogP contribution in [-0.2, 0) is 5.41 Å². The quantitative estimate of drug-likeness (QED) is 0.124. The molecule has 0 fully saturated rings. The summed E-state index contributed by atoms with van der Waals surface area (Å²) in [5.74, 6) is 1.48. The van der Waals surface area contributed by atoms with Crippen molar-refractivity contribution in [3.63, 3.8) is 0 Å². The molecule has 0 radical (unpaired) electrons. The molecule has 0 bridgehead atoms. The highest BCUT2D eigenvalue weighted by Crippen LogP contribution is 2.57. The van der Waals surface area contributed by atoms with Gasteiger partial charge >= 0.3 is 0 Å². The summed E-state index contributed by atoms with van der Waals surface area (Å²) in [6.07, 6.45) is 12.9. The zero-order valence-corrected chi connectivity index (χ0v) is 27.0. The second-order valence-electron chi connectivity index (χ2n) is 13.3. The van der Waals surface area contributed by atoms with Gasteiger partial charge in [0.1, 0.15) is 0 Å². The van der Waals surface area contributed by atoms with E-state index in [1.165, 1.54) is 108 Å². The second kappa shape index (κ2) is 13.1. The first-order valence-electron chi connectivity index (χ1n) is 17.3. The average Bonchev–Trinajstić information content (AvgIpc) is 3.32. The van der Waals surface area contributed by atoms with Crippen LogP contribution in [0.25, 0.3) is 43.8 Å². The highest BCUT2D eigenvalue weighted by Gasteiger charge is 2.45. The molecule has 1 aliphatic rings. The van der Waals surface area contributed by atoms with Gasteiger partial charge in [-0.15, -0.1) is 0 Å². The standard InChI is InChI=1S/C43H50/c1-5-9-17-31(7-3)29-43(30-32(8-4)18-10-6-2)40-24-16-15-23-38(40)39-26-25-35(28-41(39)43)42-36-21-13-11-19-33(36)27-34-20-12-14-22-37(34)42/h11-16,19-28,31-32H,5-10,17-18,29-30H2,1-4H3. The molecule has 43 heavy (non-hydrogen) atoms. The monoisotopic (exact) mass is 566 g/mol. The van der Waals surface area contributed by atoms with E-state index in [2.05, 4.69) is 125 Å². The Balaban J connectivity index is 1.60. The van der Waals surface area contributed by atoms with Crippen LogP contribution in [0, 0.1) is 11.8 Å². The van der Waals surface area contributed by atoms with Crippen molar-refractivity contribution in [1.82, 2.24) is 0 Å². The first kappa shape index (κ1) is 29.7. The van der Waals surface area contributed by atoms with E-state index in [9.17, 15) is 0 Å².